The molecule has 6 atom stereocenters. The molecule has 0 aromatic rings. The first-order valence-corrected chi connectivity index (χ1v) is 20.1. The van der Waals surface area contributed by atoms with Crippen LogP contribution in [0.25, 0.3) is 0 Å². The van der Waals surface area contributed by atoms with E-state index in [0.717, 1.165) is 32.1 Å². The number of carbonyl (C=O) groups excluding carboxylic acids is 2. The van der Waals surface area contributed by atoms with Crippen molar-refractivity contribution in [2.75, 3.05) is 19.8 Å². The maximum atomic E-state index is 12.7. The summed E-state index contributed by atoms with van der Waals surface area (Å²) in [7, 11) is 0. The van der Waals surface area contributed by atoms with Crippen molar-refractivity contribution >= 4 is 11.9 Å². The number of unbranched alkanes of at least 4 members (excludes halogenated alkanes) is 12. The Morgan fingerprint density at radius 3 is 1.77 bits per heavy atom. The van der Waals surface area contributed by atoms with Crippen LogP contribution < -0.4 is 0 Å². The Labute approximate surface area is 319 Å². The minimum absolute atomic E-state index is 0.129. The molecule has 0 aliphatic carbocycles. The summed E-state index contributed by atoms with van der Waals surface area (Å²) in [6.07, 6.45) is 33.5. The molecule has 0 spiro atoms. The third kappa shape index (κ3) is 25.7. The summed E-state index contributed by atoms with van der Waals surface area (Å²) < 4.78 is 22.0. The van der Waals surface area contributed by atoms with Crippen molar-refractivity contribution in [2.24, 2.45) is 0 Å². The molecule has 53 heavy (non-hydrogen) atoms. The monoisotopic (exact) mass is 746 g/mol. The molecule has 302 valence electrons. The number of allylic oxidation sites excluding steroid dienone is 12. The molecule has 0 saturated carbocycles. The lowest BCUT2D eigenvalue weighted by molar-refractivity contribution is -0.305. The summed E-state index contributed by atoms with van der Waals surface area (Å²) in [6.45, 7) is 3.16. The highest BCUT2D eigenvalue weighted by atomic mass is 16.7. The summed E-state index contributed by atoms with van der Waals surface area (Å²) in [5.41, 5.74) is 0. The first kappa shape index (κ1) is 48.2. The normalized spacial score (nSPS) is 21.7. The van der Waals surface area contributed by atoms with Gasteiger partial charge in [-0.1, -0.05) is 138 Å². The first-order valence-electron chi connectivity index (χ1n) is 20.1. The minimum Gasteiger partial charge on any atom is -0.462 e. The van der Waals surface area contributed by atoms with Gasteiger partial charge in [-0.2, -0.15) is 0 Å². The van der Waals surface area contributed by atoms with Crippen molar-refractivity contribution in [2.45, 2.75) is 166 Å². The van der Waals surface area contributed by atoms with Crippen molar-refractivity contribution in [3.8, 4) is 0 Å². The van der Waals surface area contributed by atoms with Gasteiger partial charge in [-0.15, -0.1) is 0 Å². The minimum atomic E-state index is -1.61. The van der Waals surface area contributed by atoms with Crippen molar-refractivity contribution in [1.82, 2.24) is 0 Å². The lowest BCUT2D eigenvalue weighted by atomic mass is 9.99. The van der Waals surface area contributed by atoms with E-state index in [4.69, 9.17) is 18.9 Å². The molecule has 0 bridgehead atoms. The zero-order valence-corrected chi connectivity index (χ0v) is 32.5. The lowest BCUT2D eigenvalue weighted by Gasteiger charge is -2.39. The molecule has 10 heteroatoms. The molecule has 10 nitrogen and oxygen atoms in total. The van der Waals surface area contributed by atoms with Crippen LogP contribution in [0.15, 0.2) is 72.9 Å². The van der Waals surface area contributed by atoms with Crippen molar-refractivity contribution < 1.29 is 49.0 Å². The van der Waals surface area contributed by atoms with Gasteiger partial charge in [0.05, 0.1) is 13.2 Å². The number of carbonyl (C=O) groups is 2. The first-order chi connectivity index (χ1) is 25.8. The van der Waals surface area contributed by atoms with Gasteiger partial charge in [0.2, 0.25) is 0 Å². The predicted molar refractivity (Wildman–Crippen MR) is 210 cm³/mol. The van der Waals surface area contributed by atoms with Crippen LogP contribution in [0.2, 0.25) is 0 Å². The Morgan fingerprint density at radius 1 is 0.604 bits per heavy atom. The van der Waals surface area contributed by atoms with Crippen LogP contribution >= 0.6 is 0 Å². The fraction of sp³-hybridized carbons (Fsp3) is 0.674. The molecular formula is C43H70O10. The Hall–Kier alpha value is -2.86. The van der Waals surface area contributed by atoms with Gasteiger partial charge in [0.15, 0.2) is 12.4 Å². The summed E-state index contributed by atoms with van der Waals surface area (Å²) in [6, 6.07) is 0. The van der Waals surface area contributed by atoms with Gasteiger partial charge in [-0.3, -0.25) is 9.59 Å². The number of esters is 2. The van der Waals surface area contributed by atoms with Crippen LogP contribution in [0, 0.1) is 0 Å². The number of hydrogen-bond acceptors (Lipinski definition) is 10. The van der Waals surface area contributed by atoms with E-state index in [0.29, 0.717) is 19.3 Å². The fourth-order valence-corrected chi connectivity index (χ4v) is 5.50. The average molecular weight is 747 g/mol. The van der Waals surface area contributed by atoms with Gasteiger partial charge < -0.3 is 39.4 Å². The van der Waals surface area contributed by atoms with Crippen molar-refractivity contribution in [1.29, 1.82) is 0 Å². The standard InChI is InChI=1S/C43H70O10/c1-3-5-7-9-11-13-15-17-18-20-21-23-25-27-29-31-38(45)50-34-36(35-51-43-42(49)41(48)40(47)37(33-44)53-43)52-39(46)32-30-28-26-24-22-19-16-14-12-10-8-6-4-2/h6,8,10,12-16,19,22,24,26,36-37,40-44,47-49H,3-5,7,9,11,17-18,20-21,23,25,27-35H2,1-2H3/b8-6+,12-10+,15-13+,16-14+,22-19+,26-24+/t36?,37-,40+,41?,42?,43-/m0/s1. The summed E-state index contributed by atoms with van der Waals surface area (Å²) in [5.74, 6) is -0.907. The number of aliphatic hydroxyl groups is 4. The van der Waals surface area contributed by atoms with E-state index in [1.807, 2.05) is 54.7 Å². The molecule has 4 N–H and O–H groups in total. The molecule has 0 radical (unpaired) electrons. The maximum Gasteiger partial charge on any atom is 0.306 e. The van der Waals surface area contributed by atoms with Crippen LogP contribution in [0.5, 0.6) is 0 Å². The molecule has 1 fully saturated rings. The number of hydrogen-bond donors (Lipinski definition) is 4. The van der Waals surface area contributed by atoms with Gasteiger partial charge in [0.1, 0.15) is 31.0 Å². The van der Waals surface area contributed by atoms with E-state index in [9.17, 15) is 30.0 Å². The summed E-state index contributed by atoms with van der Waals surface area (Å²) in [4.78, 5) is 25.2. The molecular weight excluding hydrogens is 676 g/mol. The van der Waals surface area contributed by atoms with Crippen LogP contribution in [-0.4, -0.2) is 89.0 Å². The predicted octanol–water partition coefficient (Wildman–Crippen LogP) is 7.66. The third-order valence-electron chi connectivity index (χ3n) is 8.70. The topological polar surface area (TPSA) is 152 Å². The lowest BCUT2D eigenvalue weighted by Crippen LogP contribution is -2.59. The SMILES string of the molecule is CC/C=C/C=C/C=C/C=C/C=C/CCCC(=O)OC(COC(=O)CCCCCCCCC/C=C/CCCCCC)CO[C@H]1O[C@@H](CO)[C@@H](O)C(O)C1O. The molecule has 0 amide bonds. The largest absolute Gasteiger partial charge is 0.462 e. The van der Waals surface area contributed by atoms with Gasteiger partial charge in [0, 0.05) is 12.8 Å². The quantitative estimate of drug-likeness (QED) is 0.0241. The molecule has 3 unspecified atom stereocenters. The fourth-order valence-electron chi connectivity index (χ4n) is 5.50. The van der Waals surface area contributed by atoms with Gasteiger partial charge >= 0.3 is 11.9 Å². The van der Waals surface area contributed by atoms with Crippen LogP contribution in [0.4, 0.5) is 0 Å². The highest BCUT2D eigenvalue weighted by molar-refractivity contribution is 5.70. The summed E-state index contributed by atoms with van der Waals surface area (Å²) in [5, 5.41) is 39.9. The Bertz CT molecular complexity index is 1090. The van der Waals surface area contributed by atoms with Gasteiger partial charge in [0.25, 0.3) is 0 Å². The van der Waals surface area contributed by atoms with Gasteiger partial charge in [-0.05, 0) is 51.4 Å². The smallest absolute Gasteiger partial charge is 0.306 e. The molecule has 1 saturated heterocycles. The molecule has 1 aliphatic heterocycles. The second-order valence-corrected chi connectivity index (χ2v) is 13.5. The second-order valence-electron chi connectivity index (χ2n) is 13.5. The number of rotatable bonds is 31. The van der Waals surface area contributed by atoms with E-state index in [1.54, 1.807) is 0 Å². The van der Waals surface area contributed by atoms with Crippen molar-refractivity contribution in [3.63, 3.8) is 0 Å². The zero-order valence-electron chi connectivity index (χ0n) is 32.5. The highest BCUT2D eigenvalue weighted by Gasteiger charge is 2.44. The zero-order chi connectivity index (χ0) is 38.8. The maximum absolute atomic E-state index is 12.7. The van der Waals surface area contributed by atoms with Crippen LogP contribution in [-0.2, 0) is 28.5 Å². The van der Waals surface area contributed by atoms with E-state index in [1.165, 1.54) is 51.4 Å². The van der Waals surface area contributed by atoms with E-state index < -0.39 is 55.4 Å². The van der Waals surface area contributed by atoms with E-state index >= 15 is 0 Å². The molecule has 0 aromatic carbocycles. The highest BCUT2D eigenvalue weighted by Crippen LogP contribution is 2.22. The van der Waals surface area contributed by atoms with Crippen LogP contribution in [0.3, 0.4) is 0 Å². The van der Waals surface area contributed by atoms with Gasteiger partial charge in [-0.25, -0.2) is 0 Å². The Balaban J connectivity index is 2.44. The number of aliphatic hydroxyl groups excluding tert-OH is 4. The number of ether oxygens (including phenoxy) is 4. The molecule has 1 heterocycles. The Kier molecular flexibility index (Phi) is 30.6. The Morgan fingerprint density at radius 2 is 1.15 bits per heavy atom. The second kappa shape index (κ2) is 33.7. The molecule has 1 aliphatic rings. The summed E-state index contributed by atoms with van der Waals surface area (Å²) >= 11 is 0. The van der Waals surface area contributed by atoms with Crippen LogP contribution in [0.1, 0.15) is 129 Å². The van der Waals surface area contributed by atoms with E-state index in [2.05, 4.69) is 32.1 Å². The molecule has 1 rings (SSSR count). The third-order valence-corrected chi connectivity index (χ3v) is 8.70. The molecule has 0 aromatic heterocycles. The van der Waals surface area contributed by atoms with E-state index in [-0.39, 0.29) is 26.1 Å². The average Bonchev–Trinajstić information content (AvgIpc) is 3.15. The van der Waals surface area contributed by atoms with Crippen molar-refractivity contribution in [3.05, 3.63) is 72.9 Å².